The fourth-order valence-corrected chi connectivity index (χ4v) is 3.73. The van der Waals surface area contributed by atoms with Gasteiger partial charge in [-0.05, 0) is 48.5 Å². The molecule has 0 saturated heterocycles. The average molecular weight is 438 g/mol. The molecular weight excluding hydrogens is 422 g/mol. The predicted octanol–water partition coefficient (Wildman–Crippen LogP) is 4.62. The fourth-order valence-electron chi connectivity index (χ4n) is 2.16. The molecule has 11 heteroatoms. The van der Waals surface area contributed by atoms with Crippen LogP contribution in [-0.2, 0) is 4.79 Å². The molecule has 0 spiro atoms. The zero-order chi connectivity index (χ0) is 20.6. The van der Waals surface area contributed by atoms with Gasteiger partial charge in [-0.3, -0.25) is 4.79 Å². The highest BCUT2D eigenvalue weighted by molar-refractivity contribution is 8.01. The van der Waals surface area contributed by atoms with Crippen LogP contribution < -0.4 is 20.1 Å². The number of aromatic nitrogens is 2. The largest absolute Gasteiger partial charge is 0.497 e. The molecule has 1 heterocycles. The first-order valence-electron chi connectivity index (χ1n) is 8.24. The normalized spacial score (nSPS) is 10.6. The minimum atomic E-state index is -2.89. The summed E-state index contributed by atoms with van der Waals surface area (Å²) in [4.78, 5) is 12.1. The van der Waals surface area contributed by atoms with Crippen LogP contribution in [0.4, 0.5) is 25.3 Å². The maximum Gasteiger partial charge on any atom is 0.387 e. The van der Waals surface area contributed by atoms with Gasteiger partial charge < -0.3 is 20.1 Å². The topological polar surface area (TPSA) is 85.4 Å². The van der Waals surface area contributed by atoms with Crippen LogP contribution >= 0.6 is 23.1 Å². The minimum Gasteiger partial charge on any atom is -0.497 e. The van der Waals surface area contributed by atoms with Crippen LogP contribution in [0.3, 0.4) is 0 Å². The standard InChI is InChI=1S/C18H16F2N4O3S2/c1-26-13-6-2-12(3-7-13)22-17-23-24-18(29-17)28-10-15(25)21-11-4-8-14(9-5-11)27-16(19)20/h2-9,16H,10H2,1H3,(H,21,25)(H,22,23). The van der Waals surface area contributed by atoms with Crippen LogP contribution in [0.25, 0.3) is 0 Å². The molecule has 0 aliphatic rings. The van der Waals surface area contributed by atoms with Gasteiger partial charge in [-0.15, -0.1) is 10.2 Å². The van der Waals surface area contributed by atoms with Crippen LogP contribution in [0.1, 0.15) is 0 Å². The number of amides is 1. The number of ether oxygens (including phenoxy) is 2. The van der Waals surface area contributed by atoms with E-state index in [-0.39, 0.29) is 17.4 Å². The van der Waals surface area contributed by atoms with Gasteiger partial charge in [-0.25, -0.2) is 0 Å². The van der Waals surface area contributed by atoms with Crippen molar-refractivity contribution in [2.24, 2.45) is 0 Å². The molecule has 0 aliphatic carbocycles. The van der Waals surface area contributed by atoms with Gasteiger partial charge in [-0.1, -0.05) is 23.1 Å². The molecule has 0 bridgehead atoms. The second-order valence-corrected chi connectivity index (χ2v) is 7.67. The van der Waals surface area contributed by atoms with E-state index >= 15 is 0 Å². The second kappa shape index (κ2) is 10.0. The van der Waals surface area contributed by atoms with E-state index in [1.165, 1.54) is 47.4 Å². The van der Waals surface area contributed by atoms with E-state index in [4.69, 9.17) is 4.74 Å². The Morgan fingerprint density at radius 2 is 1.72 bits per heavy atom. The molecule has 1 amide bonds. The lowest BCUT2D eigenvalue weighted by Gasteiger charge is -2.07. The summed E-state index contributed by atoms with van der Waals surface area (Å²) in [5.74, 6) is 0.661. The van der Waals surface area contributed by atoms with Crippen molar-refractivity contribution in [2.45, 2.75) is 11.0 Å². The van der Waals surface area contributed by atoms with Gasteiger partial charge >= 0.3 is 6.61 Å². The van der Waals surface area contributed by atoms with E-state index in [0.29, 0.717) is 15.2 Å². The summed E-state index contributed by atoms with van der Waals surface area (Å²) in [6.45, 7) is -2.89. The molecule has 29 heavy (non-hydrogen) atoms. The van der Waals surface area contributed by atoms with Crippen molar-refractivity contribution in [1.82, 2.24) is 10.2 Å². The molecule has 0 saturated carbocycles. The lowest BCUT2D eigenvalue weighted by molar-refractivity contribution is -0.113. The van der Waals surface area contributed by atoms with E-state index in [2.05, 4.69) is 25.6 Å². The Bertz CT molecular complexity index is 937. The second-order valence-electron chi connectivity index (χ2n) is 5.47. The van der Waals surface area contributed by atoms with Gasteiger partial charge in [-0.2, -0.15) is 8.78 Å². The Hall–Kier alpha value is -2.92. The van der Waals surface area contributed by atoms with Crippen LogP contribution in [0.2, 0.25) is 0 Å². The Morgan fingerprint density at radius 3 is 2.38 bits per heavy atom. The highest BCUT2D eigenvalue weighted by atomic mass is 32.2. The number of thioether (sulfide) groups is 1. The van der Waals surface area contributed by atoms with Crippen molar-refractivity contribution in [1.29, 1.82) is 0 Å². The van der Waals surface area contributed by atoms with Gasteiger partial charge in [0, 0.05) is 11.4 Å². The smallest absolute Gasteiger partial charge is 0.387 e. The van der Waals surface area contributed by atoms with E-state index in [0.717, 1.165) is 11.4 Å². The van der Waals surface area contributed by atoms with Gasteiger partial charge in [0.15, 0.2) is 4.34 Å². The van der Waals surface area contributed by atoms with Crippen molar-refractivity contribution in [3.05, 3.63) is 48.5 Å². The first-order chi connectivity index (χ1) is 14.0. The van der Waals surface area contributed by atoms with E-state index in [1.807, 2.05) is 24.3 Å². The van der Waals surface area contributed by atoms with E-state index < -0.39 is 6.61 Å². The molecule has 0 unspecified atom stereocenters. The van der Waals surface area contributed by atoms with E-state index in [9.17, 15) is 13.6 Å². The van der Waals surface area contributed by atoms with Crippen molar-refractivity contribution in [2.75, 3.05) is 23.5 Å². The minimum absolute atomic E-state index is 0.0260. The maximum atomic E-state index is 12.1. The number of nitrogens with one attached hydrogen (secondary N) is 2. The number of anilines is 3. The predicted molar refractivity (Wildman–Crippen MR) is 109 cm³/mol. The highest BCUT2D eigenvalue weighted by Gasteiger charge is 2.10. The number of halogens is 2. The van der Waals surface area contributed by atoms with Crippen LogP contribution in [0.5, 0.6) is 11.5 Å². The Labute approximate surface area is 173 Å². The third-order valence-corrected chi connectivity index (χ3v) is 5.41. The average Bonchev–Trinajstić information content (AvgIpc) is 3.15. The fraction of sp³-hybridized carbons (Fsp3) is 0.167. The van der Waals surface area contributed by atoms with Crippen LogP contribution in [-0.4, -0.2) is 35.6 Å². The molecule has 7 nitrogen and oxygen atoms in total. The number of nitrogens with zero attached hydrogens (tertiary/aromatic N) is 2. The number of hydrogen-bond donors (Lipinski definition) is 2. The molecule has 3 rings (SSSR count). The van der Waals surface area contributed by atoms with E-state index in [1.54, 1.807) is 7.11 Å². The first kappa shape index (κ1) is 20.8. The molecule has 1 aromatic heterocycles. The van der Waals surface area contributed by atoms with Gasteiger partial charge in [0.25, 0.3) is 0 Å². The third kappa shape index (κ3) is 6.57. The molecule has 0 fully saturated rings. The van der Waals surface area contributed by atoms with Crippen molar-refractivity contribution in [3.63, 3.8) is 0 Å². The number of rotatable bonds is 9. The van der Waals surface area contributed by atoms with Crippen molar-refractivity contribution in [3.8, 4) is 11.5 Å². The zero-order valence-electron chi connectivity index (χ0n) is 15.1. The molecular formula is C18H16F2N4O3S2. The molecule has 2 aromatic carbocycles. The number of carbonyl (C=O) groups excluding carboxylic acids is 1. The van der Waals surface area contributed by atoms with Gasteiger partial charge in [0.2, 0.25) is 11.0 Å². The highest BCUT2D eigenvalue weighted by Crippen LogP contribution is 2.28. The number of methoxy groups -OCH3 is 1. The summed E-state index contributed by atoms with van der Waals surface area (Å²) < 4.78 is 34.3. The summed E-state index contributed by atoms with van der Waals surface area (Å²) in [5, 5.41) is 14.5. The zero-order valence-corrected chi connectivity index (χ0v) is 16.7. The van der Waals surface area contributed by atoms with Crippen molar-refractivity contribution < 1.29 is 23.0 Å². The lowest BCUT2D eigenvalue weighted by Crippen LogP contribution is -2.13. The summed E-state index contributed by atoms with van der Waals surface area (Å²) in [6.07, 6.45) is 0. The summed E-state index contributed by atoms with van der Waals surface area (Å²) >= 11 is 2.57. The lowest BCUT2D eigenvalue weighted by atomic mass is 10.3. The number of benzene rings is 2. The quantitative estimate of drug-likeness (QED) is 0.472. The first-order valence-corrected chi connectivity index (χ1v) is 10.0. The number of alkyl halides is 2. The van der Waals surface area contributed by atoms with Crippen molar-refractivity contribution >= 4 is 45.5 Å². The molecule has 0 aliphatic heterocycles. The SMILES string of the molecule is COc1ccc(Nc2nnc(SCC(=O)Nc3ccc(OC(F)F)cc3)s2)cc1. The Kier molecular flexibility index (Phi) is 7.19. The van der Waals surface area contributed by atoms with Crippen LogP contribution in [0, 0.1) is 0 Å². The van der Waals surface area contributed by atoms with Gasteiger partial charge in [0.05, 0.1) is 12.9 Å². The maximum absolute atomic E-state index is 12.1. The summed E-state index contributed by atoms with van der Waals surface area (Å²) in [6, 6.07) is 13.1. The molecule has 0 atom stereocenters. The molecule has 3 aromatic rings. The molecule has 152 valence electrons. The Balaban J connectivity index is 1.46. The molecule has 2 N–H and O–H groups in total. The number of carbonyl (C=O) groups is 1. The summed E-state index contributed by atoms with van der Waals surface area (Å²) in [5.41, 5.74) is 1.33. The Morgan fingerprint density at radius 1 is 1.07 bits per heavy atom. The summed E-state index contributed by atoms with van der Waals surface area (Å²) in [7, 11) is 1.60. The van der Waals surface area contributed by atoms with Gasteiger partial charge in [0.1, 0.15) is 11.5 Å². The number of hydrogen-bond acceptors (Lipinski definition) is 8. The third-order valence-electron chi connectivity index (χ3n) is 3.44. The van der Waals surface area contributed by atoms with Crippen LogP contribution in [0.15, 0.2) is 52.9 Å². The monoisotopic (exact) mass is 438 g/mol. The molecule has 0 radical (unpaired) electrons.